The lowest BCUT2D eigenvalue weighted by Crippen LogP contribution is -2.02. The number of hydrogen-bond donors (Lipinski definition) is 3. The number of fused-ring (bicyclic) bond motifs is 1. The minimum atomic E-state index is 0.185. The Morgan fingerprint density at radius 1 is 1.24 bits per heavy atom. The van der Waals surface area contributed by atoms with Gasteiger partial charge in [-0.1, -0.05) is 33.7 Å². The molecule has 2 rings (SSSR count). The zero-order valence-corrected chi connectivity index (χ0v) is 12.3. The van der Waals surface area contributed by atoms with E-state index in [1.54, 1.807) is 6.07 Å². The first-order valence-corrected chi connectivity index (χ1v) is 9.08. The van der Waals surface area contributed by atoms with Crippen molar-refractivity contribution in [1.29, 1.82) is 0 Å². The number of furan rings is 1. The van der Waals surface area contributed by atoms with Crippen molar-refractivity contribution < 1.29 is 9.52 Å². The van der Waals surface area contributed by atoms with Crippen LogP contribution >= 0.6 is 44.9 Å². The smallest absolute Gasteiger partial charge is 0.175 e. The molecule has 0 fully saturated rings. The average Bonchev–Trinajstić information content (AvgIpc) is 2.74. The molecule has 1 aromatic heterocycles. The van der Waals surface area contributed by atoms with Crippen molar-refractivity contribution in [3.05, 3.63) is 30.0 Å². The molecule has 0 bridgehead atoms. The van der Waals surface area contributed by atoms with Gasteiger partial charge in [-0.15, -0.1) is 23.3 Å². The van der Waals surface area contributed by atoms with Crippen LogP contribution in [0.2, 0.25) is 0 Å². The van der Waals surface area contributed by atoms with E-state index in [0.717, 1.165) is 22.7 Å². The van der Waals surface area contributed by atoms with Gasteiger partial charge in [0.25, 0.3) is 0 Å². The molecule has 0 atom stereocenters. The van der Waals surface area contributed by atoms with Crippen molar-refractivity contribution >= 4 is 55.9 Å². The molecular weight excluding hydrogens is 292 g/mol. The zero-order valence-electron chi connectivity index (χ0n) is 8.87. The van der Waals surface area contributed by atoms with Crippen molar-refractivity contribution in [3.63, 3.8) is 0 Å². The summed E-state index contributed by atoms with van der Waals surface area (Å²) in [4.78, 5) is 0. The molecule has 0 aliphatic carbocycles. The van der Waals surface area contributed by atoms with Gasteiger partial charge in [-0.3, -0.25) is 0 Å². The highest BCUT2D eigenvalue weighted by Gasteiger charge is 2.17. The number of aromatic hydroxyl groups is 1. The lowest BCUT2D eigenvalue weighted by atomic mass is 10.1. The normalized spacial score (nSPS) is 11.5. The van der Waals surface area contributed by atoms with Crippen LogP contribution in [0.3, 0.4) is 0 Å². The standard InChI is InChI=1S/C11H12O2S4/c12-9-3-1-2-7-4-10(13-11(7)9)8(5-16-14)6-17-15/h1-4,8,12,14-15H,5-6H2. The van der Waals surface area contributed by atoms with E-state index in [9.17, 15) is 5.11 Å². The number of phenols is 1. The third-order valence-corrected chi connectivity index (χ3v) is 4.49. The van der Waals surface area contributed by atoms with E-state index < -0.39 is 0 Å². The number of thiol groups is 2. The quantitative estimate of drug-likeness (QED) is 0.565. The summed E-state index contributed by atoms with van der Waals surface area (Å²) in [5.41, 5.74) is 0.556. The molecule has 0 aliphatic heterocycles. The Balaban J connectivity index is 2.36. The van der Waals surface area contributed by atoms with E-state index in [2.05, 4.69) is 23.3 Å². The summed E-state index contributed by atoms with van der Waals surface area (Å²) in [6, 6.07) is 7.35. The molecule has 2 nitrogen and oxygen atoms in total. The number of hydrogen-bond acceptors (Lipinski definition) is 6. The molecule has 17 heavy (non-hydrogen) atoms. The van der Waals surface area contributed by atoms with Crippen molar-refractivity contribution in [2.75, 3.05) is 11.5 Å². The summed E-state index contributed by atoms with van der Waals surface area (Å²) in [6.07, 6.45) is 0. The first kappa shape index (κ1) is 13.4. The van der Waals surface area contributed by atoms with Crippen LogP contribution in [0.15, 0.2) is 28.7 Å². The fraction of sp³-hybridized carbons (Fsp3) is 0.273. The molecule has 0 spiro atoms. The first-order valence-electron chi connectivity index (χ1n) is 5.00. The number of rotatable bonds is 5. The molecule has 0 aliphatic rings. The topological polar surface area (TPSA) is 33.4 Å². The van der Waals surface area contributed by atoms with Crippen LogP contribution in [0.25, 0.3) is 11.0 Å². The highest BCUT2D eigenvalue weighted by Crippen LogP contribution is 2.34. The number of benzene rings is 1. The summed E-state index contributed by atoms with van der Waals surface area (Å²) in [6.45, 7) is 0. The largest absolute Gasteiger partial charge is 0.504 e. The molecule has 2 aromatic rings. The second kappa shape index (κ2) is 6.22. The van der Waals surface area contributed by atoms with Gasteiger partial charge < -0.3 is 9.52 Å². The molecular formula is C11H12O2S4. The van der Waals surface area contributed by atoms with Gasteiger partial charge in [0.2, 0.25) is 0 Å². The second-order valence-corrected chi connectivity index (χ2v) is 6.36. The van der Waals surface area contributed by atoms with Gasteiger partial charge in [0, 0.05) is 22.8 Å². The van der Waals surface area contributed by atoms with Gasteiger partial charge in [0.15, 0.2) is 11.3 Å². The summed E-state index contributed by atoms with van der Waals surface area (Å²) in [5.74, 6) is 3.04. The van der Waals surface area contributed by atoms with Crippen LogP contribution in [0, 0.1) is 0 Å². The van der Waals surface area contributed by atoms with Crippen LogP contribution in [-0.4, -0.2) is 16.6 Å². The maximum Gasteiger partial charge on any atom is 0.175 e. The van der Waals surface area contributed by atoms with E-state index in [-0.39, 0.29) is 11.7 Å². The minimum absolute atomic E-state index is 0.185. The minimum Gasteiger partial charge on any atom is -0.504 e. The molecule has 92 valence electrons. The van der Waals surface area contributed by atoms with E-state index in [1.807, 2.05) is 18.2 Å². The van der Waals surface area contributed by atoms with Gasteiger partial charge in [0.05, 0.1) is 0 Å². The maximum absolute atomic E-state index is 9.69. The van der Waals surface area contributed by atoms with Gasteiger partial charge in [-0.25, -0.2) is 0 Å². The van der Waals surface area contributed by atoms with Gasteiger partial charge >= 0.3 is 0 Å². The summed E-state index contributed by atoms with van der Waals surface area (Å²) in [5, 5.41) is 10.6. The molecule has 0 radical (unpaired) electrons. The van der Waals surface area contributed by atoms with Crippen LogP contribution in [-0.2, 0) is 0 Å². The van der Waals surface area contributed by atoms with E-state index in [1.165, 1.54) is 21.6 Å². The monoisotopic (exact) mass is 304 g/mol. The Bertz CT molecular complexity index is 491. The summed E-state index contributed by atoms with van der Waals surface area (Å²) >= 11 is 8.36. The van der Waals surface area contributed by atoms with Crippen molar-refractivity contribution in [2.45, 2.75) is 5.92 Å². The van der Waals surface area contributed by atoms with Crippen LogP contribution < -0.4 is 0 Å². The molecule has 6 heteroatoms. The van der Waals surface area contributed by atoms with Gasteiger partial charge in [-0.2, -0.15) is 0 Å². The third-order valence-electron chi connectivity index (χ3n) is 2.50. The molecule has 0 unspecified atom stereocenters. The Labute approximate surface area is 118 Å². The van der Waals surface area contributed by atoms with E-state index >= 15 is 0 Å². The van der Waals surface area contributed by atoms with Gasteiger partial charge in [-0.05, 0) is 12.1 Å². The van der Waals surface area contributed by atoms with Crippen molar-refractivity contribution in [2.24, 2.45) is 0 Å². The van der Waals surface area contributed by atoms with Crippen LogP contribution in [0.4, 0.5) is 0 Å². The number of para-hydroxylation sites is 1. The van der Waals surface area contributed by atoms with E-state index in [0.29, 0.717) is 5.58 Å². The highest BCUT2D eigenvalue weighted by molar-refractivity contribution is 8.69. The molecule has 0 amide bonds. The Morgan fingerprint density at radius 3 is 2.53 bits per heavy atom. The van der Waals surface area contributed by atoms with E-state index in [4.69, 9.17) is 4.42 Å². The van der Waals surface area contributed by atoms with Crippen LogP contribution in [0.1, 0.15) is 11.7 Å². The highest BCUT2D eigenvalue weighted by atomic mass is 33.1. The number of phenolic OH excluding ortho intramolecular Hbond substituents is 1. The van der Waals surface area contributed by atoms with Crippen LogP contribution in [0.5, 0.6) is 5.75 Å². The predicted octanol–water partition coefficient (Wildman–Crippen LogP) is 4.38. The molecule has 0 saturated carbocycles. The van der Waals surface area contributed by atoms with Crippen molar-refractivity contribution in [1.82, 2.24) is 0 Å². The molecule has 1 heterocycles. The summed E-state index contributed by atoms with van der Waals surface area (Å²) in [7, 11) is 2.97. The fourth-order valence-corrected chi connectivity index (χ4v) is 3.81. The zero-order chi connectivity index (χ0) is 12.3. The second-order valence-electron chi connectivity index (χ2n) is 3.63. The maximum atomic E-state index is 9.69. The Hall–Kier alpha value is -0.0400. The first-order chi connectivity index (χ1) is 8.26. The SMILES string of the molecule is Oc1cccc2cc(C(CSS)CSS)oc12. The molecule has 0 saturated heterocycles. The summed E-state index contributed by atoms with van der Waals surface area (Å²) < 4.78 is 5.72. The van der Waals surface area contributed by atoms with Gasteiger partial charge in [0.1, 0.15) is 5.76 Å². The lowest BCUT2D eigenvalue weighted by Gasteiger charge is -2.09. The predicted molar refractivity (Wildman–Crippen MR) is 83.5 cm³/mol. The third kappa shape index (κ3) is 3.05. The molecule has 1 N–H and O–H groups in total. The Morgan fingerprint density at radius 2 is 1.94 bits per heavy atom. The molecule has 1 aromatic carbocycles. The van der Waals surface area contributed by atoms with Crippen molar-refractivity contribution in [3.8, 4) is 5.75 Å². The lowest BCUT2D eigenvalue weighted by molar-refractivity contribution is 0.454. The Kier molecular flexibility index (Phi) is 4.90. The fourth-order valence-electron chi connectivity index (χ4n) is 1.66. The average molecular weight is 304 g/mol.